The zero-order valence-corrected chi connectivity index (χ0v) is 12.5. The molecule has 6 nitrogen and oxygen atoms in total. The van der Waals surface area contributed by atoms with Crippen molar-refractivity contribution in [2.24, 2.45) is 5.92 Å². The molecule has 2 aliphatic rings. The third-order valence-electron chi connectivity index (χ3n) is 4.31. The third kappa shape index (κ3) is 3.62. The van der Waals surface area contributed by atoms with Gasteiger partial charge in [-0.15, -0.1) is 5.10 Å². The van der Waals surface area contributed by atoms with E-state index in [0.717, 1.165) is 44.0 Å². The van der Waals surface area contributed by atoms with Gasteiger partial charge in [0, 0.05) is 31.6 Å². The van der Waals surface area contributed by atoms with Gasteiger partial charge in [0.15, 0.2) is 5.82 Å². The molecule has 0 atom stereocenters. The number of carbonyl (C=O) groups excluding carboxylic acids is 1. The Bertz CT molecular complexity index is 477. The van der Waals surface area contributed by atoms with Crippen molar-refractivity contribution in [3.63, 3.8) is 0 Å². The van der Waals surface area contributed by atoms with Crippen LogP contribution in [-0.4, -0.2) is 41.9 Å². The van der Waals surface area contributed by atoms with Crippen LogP contribution in [-0.2, 0) is 0 Å². The number of rotatable bonds is 4. The van der Waals surface area contributed by atoms with Crippen molar-refractivity contribution in [1.29, 1.82) is 0 Å². The van der Waals surface area contributed by atoms with Gasteiger partial charge in [0.1, 0.15) is 0 Å². The first-order valence-corrected chi connectivity index (χ1v) is 7.80. The molecule has 21 heavy (non-hydrogen) atoms. The van der Waals surface area contributed by atoms with Gasteiger partial charge in [-0.2, -0.15) is 5.10 Å². The summed E-state index contributed by atoms with van der Waals surface area (Å²) in [5.74, 6) is 1.43. The predicted molar refractivity (Wildman–Crippen MR) is 81.3 cm³/mol. The van der Waals surface area contributed by atoms with Crippen molar-refractivity contribution < 1.29 is 4.79 Å². The number of aryl methyl sites for hydroxylation is 1. The molecule has 0 aromatic carbocycles. The normalized spacial score (nSPS) is 19.4. The molecule has 1 aliphatic carbocycles. The SMILES string of the molecule is Cc1ccc(N2CC(CNC(=O)NC3CCCC3)C2)nn1. The fraction of sp³-hybridized carbons (Fsp3) is 0.667. The summed E-state index contributed by atoms with van der Waals surface area (Å²) in [7, 11) is 0. The molecule has 2 fully saturated rings. The van der Waals surface area contributed by atoms with Gasteiger partial charge < -0.3 is 15.5 Å². The standard InChI is InChI=1S/C15H23N5O/c1-11-6-7-14(19-18-11)20-9-12(10-20)8-16-15(21)17-13-4-2-3-5-13/h6-7,12-13H,2-5,8-10H2,1H3,(H2,16,17,21). The number of carbonyl (C=O) groups is 1. The molecule has 0 unspecified atom stereocenters. The van der Waals surface area contributed by atoms with Crippen LogP contribution >= 0.6 is 0 Å². The zero-order chi connectivity index (χ0) is 14.7. The van der Waals surface area contributed by atoms with Gasteiger partial charge in [0.2, 0.25) is 0 Å². The molecule has 1 aromatic rings. The Hall–Kier alpha value is -1.85. The topological polar surface area (TPSA) is 70.2 Å². The zero-order valence-electron chi connectivity index (χ0n) is 12.5. The maximum Gasteiger partial charge on any atom is 0.315 e. The molecule has 0 spiro atoms. The monoisotopic (exact) mass is 289 g/mol. The van der Waals surface area contributed by atoms with Crippen molar-refractivity contribution >= 4 is 11.8 Å². The second-order valence-corrected chi connectivity index (χ2v) is 6.14. The minimum atomic E-state index is -0.0181. The molecule has 1 aromatic heterocycles. The van der Waals surface area contributed by atoms with Crippen LogP contribution in [0.3, 0.4) is 0 Å². The molecule has 1 saturated heterocycles. The smallest absolute Gasteiger partial charge is 0.315 e. The van der Waals surface area contributed by atoms with Gasteiger partial charge in [0.25, 0.3) is 0 Å². The average molecular weight is 289 g/mol. The summed E-state index contributed by atoms with van der Waals surface area (Å²) in [4.78, 5) is 14.0. The maximum absolute atomic E-state index is 11.8. The molecule has 2 heterocycles. The van der Waals surface area contributed by atoms with E-state index in [1.54, 1.807) is 0 Å². The molecule has 0 radical (unpaired) electrons. The first-order valence-electron chi connectivity index (χ1n) is 7.80. The molecule has 2 amide bonds. The van der Waals surface area contributed by atoms with Gasteiger partial charge in [-0.3, -0.25) is 0 Å². The lowest BCUT2D eigenvalue weighted by atomic mass is 10.0. The fourth-order valence-corrected chi connectivity index (χ4v) is 2.99. The highest BCUT2D eigenvalue weighted by Gasteiger charge is 2.28. The summed E-state index contributed by atoms with van der Waals surface area (Å²) >= 11 is 0. The van der Waals surface area contributed by atoms with Crippen LogP contribution in [0.5, 0.6) is 0 Å². The van der Waals surface area contributed by atoms with Gasteiger partial charge in [0.05, 0.1) is 5.69 Å². The van der Waals surface area contributed by atoms with E-state index in [1.165, 1.54) is 12.8 Å². The van der Waals surface area contributed by atoms with Crippen LogP contribution < -0.4 is 15.5 Å². The third-order valence-corrected chi connectivity index (χ3v) is 4.31. The minimum absolute atomic E-state index is 0.0181. The van der Waals surface area contributed by atoms with Crippen LogP contribution in [0.15, 0.2) is 12.1 Å². The van der Waals surface area contributed by atoms with Crippen molar-refractivity contribution in [1.82, 2.24) is 20.8 Å². The van der Waals surface area contributed by atoms with Crippen molar-refractivity contribution in [3.05, 3.63) is 17.8 Å². The van der Waals surface area contributed by atoms with E-state index in [1.807, 2.05) is 19.1 Å². The van der Waals surface area contributed by atoms with Gasteiger partial charge in [-0.05, 0) is 31.9 Å². The quantitative estimate of drug-likeness (QED) is 0.880. The minimum Gasteiger partial charge on any atom is -0.354 e. The van der Waals surface area contributed by atoms with Crippen LogP contribution in [0, 0.1) is 12.8 Å². The van der Waals surface area contributed by atoms with Gasteiger partial charge >= 0.3 is 6.03 Å². The number of hydrogen-bond donors (Lipinski definition) is 2. The number of hydrogen-bond acceptors (Lipinski definition) is 4. The lowest BCUT2D eigenvalue weighted by molar-refractivity contribution is 0.233. The summed E-state index contributed by atoms with van der Waals surface area (Å²) in [6.45, 7) is 4.53. The average Bonchev–Trinajstić information content (AvgIpc) is 2.91. The summed E-state index contributed by atoms with van der Waals surface area (Å²) in [6.07, 6.45) is 4.72. The summed E-state index contributed by atoms with van der Waals surface area (Å²) in [5, 5.41) is 14.3. The van der Waals surface area contributed by atoms with Crippen LogP contribution in [0.4, 0.5) is 10.6 Å². The Morgan fingerprint density at radius 2 is 2.05 bits per heavy atom. The number of aromatic nitrogens is 2. The van der Waals surface area contributed by atoms with Crippen LogP contribution in [0.25, 0.3) is 0 Å². The van der Waals surface area contributed by atoms with E-state index in [-0.39, 0.29) is 6.03 Å². The van der Waals surface area contributed by atoms with E-state index in [9.17, 15) is 4.79 Å². The van der Waals surface area contributed by atoms with E-state index >= 15 is 0 Å². The highest BCUT2D eigenvalue weighted by atomic mass is 16.2. The highest BCUT2D eigenvalue weighted by Crippen LogP contribution is 2.21. The molecule has 0 bridgehead atoms. The maximum atomic E-state index is 11.8. The number of anilines is 1. The van der Waals surface area contributed by atoms with Crippen molar-refractivity contribution in [2.45, 2.75) is 38.6 Å². The lowest BCUT2D eigenvalue weighted by Gasteiger charge is -2.39. The number of nitrogens with zero attached hydrogens (tertiary/aromatic N) is 3. The fourth-order valence-electron chi connectivity index (χ4n) is 2.99. The predicted octanol–water partition coefficient (Wildman–Crippen LogP) is 1.46. The molecule has 1 saturated carbocycles. The summed E-state index contributed by atoms with van der Waals surface area (Å²) in [6, 6.07) is 4.34. The van der Waals surface area contributed by atoms with Crippen LogP contribution in [0.1, 0.15) is 31.4 Å². The Labute approximate surface area is 125 Å². The summed E-state index contributed by atoms with van der Waals surface area (Å²) in [5.41, 5.74) is 0.932. The molecule has 3 rings (SSSR count). The Kier molecular flexibility index (Phi) is 4.22. The van der Waals surface area contributed by atoms with E-state index in [4.69, 9.17) is 0 Å². The molecule has 114 valence electrons. The van der Waals surface area contributed by atoms with E-state index in [0.29, 0.717) is 12.0 Å². The molecule has 1 aliphatic heterocycles. The second kappa shape index (κ2) is 6.28. The number of nitrogens with one attached hydrogen (secondary N) is 2. The van der Waals surface area contributed by atoms with Gasteiger partial charge in [-0.1, -0.05) is 12.8 Å². The van der Waals surface area contributed by atoms with E-state index < -0.39 is 0 Å². The van der Waals surface area contributed by atoms with Gasteiger partial charge in [-0.25, -0.2) is 4.79 Å². The molecular formula is C15H23N5O. The van der Waals surface area contributed by atoms with Crippen molar-refractivity contribution in [2.75, 3.05) is 24.5 Å². The first-order chi connectivity index (χ1) is 10.2. The number of amides is 2. The second-order valence-electron chi connectivity index (χ2n) is 6.14. The Morgan fingerprint density at radius 1 is 1.29 bits per heavy atom. The van der Waals surface area contributed by atoms with E-state index in [2.05, 4.69) is 25.7 Å². The number of urea groups is 1. The summed E-state index contributed by atoms with van der Waals surface area (Å²) < 4.78 is 0. The molecule has 6 heteroatoms. The first kappa shape index (κ1) is 14.1. The Balaban J connectivity index is 1.35. The van der Waals surface area contributed by atoms with Crippen molar-refractivity contribution in [3.8, 4) is 0 Å². The highest BCUT2D eigenvalue weighted by molar-refractivity contribution is 5.74. The largest absolute Gasteiger partial charge is 0.354 e. The Morgan fingerprint density at radius 3 is 2.71 bits per heavy atom. The molecule has 2 N–H and O–H groups in total. The van der Waals surface area contributed by atoms with Crippen LogP contribution in [0.2, 0.25) is 0 Å². The lowest BCUT2D eigenvalue weighted by Crippen LogP contribution is -2.53. The molecular weight excluding hydrogens is 266 g/mol.